The summed E-state index contributed by atoms with van der Waals surface area (Å²) in [5, 5.41) is 2.76. The molecule has 1 N–H and O–H groups in total. The highest BCUT2D eigenvalue weighted by Crippen LogP contribution is 2.35. The van der Waals surface area contributed by atoms with Gasteiger partial charge in [0.05, 0.1) is 7.11 Å². The minimum atomic E-state index is -0.295. The van der Waals surface area contributed by atoms with Crippen LogP contribution in [-0.4, -0.2) is 13.0 Å². The summed E-state index contributed by atoms with van der Waals surface area (Å²) >= 11 is 1.56. The number of carbonyl (C=O) groups is 1. The number of ether oxygens (including phenoxy) is 1. The van der Waals surface area contributed by atoms with Crippen molar-refractivity contribution >= 4 is 17.7 Å². The Hall–Kier alpha value is -2.72. The van der Waals surface area contributed by atoms with E-state index in [4.69, 9.17) is 4.74 Å². The fourth-order valence-corrected chi connectivity index (χ4v) is 3.63. The van der Waals surface area contributed by atoms with E-state index in [2.05, 4.69) is 5.32 Å². The van der Waals surface area contributed by atoms with Crippen LogP contribution in [0.3, 0.4) is 0 Å². The highest BCUT2D eigenvalue weighted by Gasteiger charge is 2.21. The third-order valence-corrected chi connectivity index (χ3v) is 5.23. The minimum absolute atomic E-state index is 0.000807. The number of hydrogen-bond donors (Lipinski definition) is 1. The summed E-state index contributed by atoms with van der Waals surface area (Å²) in [6.45, 7) is 0.488. The second-order valence-corrected chi connectivity index (χ2v) is 6.97. The van der Waals surface area contributed by atoms with Crippen molar-refractivity contribution in [1.29, 1.82) is 0 Å². The zero-order valence-electron chi connectivity index (χ0n) is 14.6. The molecule has 3 rings (SSSR count). The van der Waals surface area contributed by atoms with Gasteiger partial charge in [0.2, 0.25) is 5.91 Å². The summed E-state index contributed by atoms with van der Waals surface area (Å²) < 4.78 is 5.17. The zero-order valence-corrected chi connectivity index (χ0v) is 15.4. The molecule has 0 aliphatic rings. The molecule has 4 heteroatoms. The third kappa shape index (κ3) is 4.90. The second kappa shape index (κ2) is 9.11. The van der Waals surface area contributed by atoms with E-state index in [1.54, 1.807) is 18.9 Å². The molecule has 0 unspecified atom stereocenters. The highest BCUT2D eigenvalue weighted by atomic mass is 32.2. The molecule has 3 aromatic carbocycles. The van der Waals surface area contributed by atoms with Crippen molar-refractivity contribution < 1.29 is 9.53 Å². The van der Waals surface area contributed by atoms with E-state index in [9.17, 15) is 4.79 Å². The number of amides is 1. The molecule has 0 bridgehead atoms. The maximum absolute atomic E-state index is 12.9. The number of benzene rings is 3. The van der Waals surface area contributed by atoms with Gasteiger partial charge in [0.1, 0.15) is 11.0 Å². The first kappa shape index (κ1) is 18.1. The predicted octanol–water partition coefficient (Wildman–Crippen LogP) is 4.85. The maximum Gasteiger partial charge on any atom is 0.238 e. The Labute approximate surface area is 158 Å². The topological polar surface area (TPSA) is 38.3 Å². The lowest BCUT2D eigenvalue weighted by Crippen LogP contribution is -2.27. The molecule has 0 spiro atoms. The van der Waals surface area contributed by atoms with E-state index in [0.29, 0.717) is 6.54 Å². The van der Waals surface area contributed by atoms with Gasteiger partial charge in [0.15, 0.2) is 0 Å². The maximum atomic E-state index is 12.9. The molecule has 3 aromatic rings. The lowest BCUT2D eigenvalue weighted by atomic mass is 10.1. The third-order valence-electron chi connectivity index (χ3n) is 3.96. The Morgan fingerprint density at radius 3 is 2.15 bits per heavy atom. The number of methoxy groups -OCH3 is 1. The van der Waals surface area contributed by atoms with Gasteiger partial charge < -0.3 is 10.1 Å². The van der Waals surface area contributed by atoms with Crippen LogP contribution < -0.4 is 10.1 Å². The first-order valence-corrected chi connectivity index (χ1v) is 9.31. The Morgan fingerprint density at radius 2 is 1.54 bits per heavy atom. The van der Waals surface area contributed by atoms with Gasteiger partial charge in [0, 0.05) is 11.4 Å². The second-order valence-electron chi connectivity index (χ2n) is 5.79. The van der Waals surface area contributed by atoms with Gasteiger partial charge in [0.25, 0.3) is 0 Å². The smallest absolute Gasteiger partial charge is 0.238 e. The fourth-order valence-electron chi connectivity index (χ4n) is 2.56. The number of carbonyl (C=O) groups excluding carboxylic acids is 1. The van der Waals surface area contributed by atoms with Gasteiger partial charge in [-0.05, 0) is 35.4 Å². The molecule has 132 valence electrons. The molecular weight excluding hydrogens is 342 g/mol. The molecule has 0 saturated carbocycles. The Bertz CT molecular complexity index is 820. The molecule has 0 saturated heterocycles. The van der Waals surface area contributed by atoms with Crippen LogP contribution in [0.4, 0.5) is 0 Å². The van der Waals surface area contributed by atoms with Crippen molar-refractivity contribution in [3.8, 4) is 5.75 Å². The summed E-state index contributed by atoms with van der Waals surface area (Å²) in [5.74, 6) is 0.808. The van der Waals surface area contributed by atoms with Crippen LogP contribution in [-0.2, 0) is 11.3 Å². The van der Waals surface area contributed by atoms with Crippen LogP contribution in [0.25, 0.3) is 0 Å². The first-order chi connectivity index (χ1) is 12.8. The van der Waals surface area contributed by atoms with Gasteiger partial charge in [-0.2, -0.15) is 0 Å². The minimum Gasteiger partial charge on any atom is -0.497 e. The van der Waals surface area contributed by atoms with Crippen molar-refractivity contribution in [2.45, 2.75) is 16.7 Å². The van der Waals surface area contributed by atoms with Crippen molar-refractivity contribution in [3.05, 3.63) is 96.1 Å². The zero-order chi connectivity index (χ0) is 18.2. The van der Waals surface area contributed by atoms with Crippen LogP contribution >= 0.6 is 11.8 Å². The van der Waals surface area contributed by atoms with Crippen molar-refractivity contribution in [2.75, 3.05) is 7.11 Å². The summed E-state index contributed by atoms with van der Waals surface area (Å²) in [4.78, 5) is 14.0. The van der Waals surface area contributed by atoms with Gasteiger partial charge in [-0.25, -0.2) is 0 Å². The average Bonchev–Trinajstić information content (AvgIpc) is 2.72. The molecule has 1 atom stereocenters. The molecule has 0 aliphatic heterocycles. The SMILES string of the molecule is COc1ccc(CNC(=O)[C@@H](Sc2ccccc2)c2ccccc2)cc1. The lowest BCUT2D eigenvalue weighted by molar-refractivity contribution is -0.120. The molecular formula is C22H21NO2S. The van der Waals surface area contributed by atoms with Crippen LogP contribution in [0.1, 0.15) is 16.4 Å². The number of hydrogen-bond acceptors (Lipinski definition) is 3. The molecule has 0 heterocycles. The van der Waals surface area contributed by atoms with E-state index in [1.807, 2.05) is 84.9 Å². The molecule has 0 fully saturated rings. The Morgan fingerprint density at radius 1 is 0.923 bits per heavy atom. The number of rotatable bonds is 7. The van der Waals surface area contributed by atoms with E-state index < -0.39 is 0 Å². The summed E-state index contributed by atoms with van der Waals surface area (Å²) in [6.07, 6.45) is 0. The van der Waals surface area contributed by atoms with Crippen LogP contribution in [0.5, 0.6) is 5.75 Å². The first-order valence-electron chi connectivity index (χ1n) is 8.43. The van der Waals surface area contributed by atoms with Crippen LogP contribution in [0.15, 0.2) is 89.8 Å². The Kier molecular flexibility index (Phi) is 6.34. The van der Waals surface area contributed by atoms with Gasteiger partial charge in [-0.15, -0.1) is 11.8 Å². The molecule has 3 nitrogen and oxygen atoms in total. The monoisotopic (exact) mass is 363 g/mol. The highest BCUT2D eigenvalue weighted by molar-refractivity contribution is 8.00. The standard InChI is InChI=1S/C22H21NO2S/c1-25-19-14-12-17(13-15-19)16-23-22(24)21(18-8-4-2-5-9-18)26-20-10-6-3-7-11-20/h2-15,21H,16H2,1H3,(H,23,24)/t21-/m0/s1. The van der Waals surface area contributed by atoms with Crippen molar-refractivity contribution in [2.24, 2.45) is 0 Å². The fraction of sp³-hybridized carbons (Fsp3) is 0.136. The molecule has 0 radical (unpaired) electrons. The molecule has 0 aliphatic carbocycles. The van der Waals surface area contributed by atoms with Crippen LogP contribution in [0.2, 0.25) is 0 Å². The van der Waals surface area contributed by atoms with E-state index in [1.165, 1.54) is 0 Å². The molecule has 26 heavy (non-hydrogen) atoms. The number of thioether (sulfide) groups is 1. The van der Waals surface area contributed by atoms with Crippen molar-refractivity contribution in [3.63, 3.8) is 0 Å². The normalized spacial score (nSPS) is 11.6. The summed E-state index contributed by atoms with van der Waals surface area (Å²) in [6, 6.07) is 27.6. The summed E-state index contributed by atoms with van der Waals surface area (Å²) in [7, 11) is 1.64. The summed E-state index contributed by atoms with van der Waals surface area (Å²) in [5.41, 5.74) is 2.03. The van der Waals surface area contributed by atoms with Gasteiger partial charge >= 0.3 is 0 Å². The van der Waals surface area contributed by atoms with E-state index >= 15 is 0 Å². The molecule has 0 aromatic heterocycles. The number of nitrogens with one attached hydrogen (secondary N) is 1. The van der Waals surface area contributed by atoms with Gasteiger partial charge in [-0.1, -0.05) is 60.7 Å². The van der Waals surface area contributed by atoms with Crippen molar-refractivity contribution in [1.82, 2.24) is 5.32 Å². The lowest BCUT2D eigenvalue weighted by Gasteiger charge is -2.17. The van der Waals surface area contributed by atoms with E-state index in [0.717, 1.165) is 21.8 Å². The van der Waals surface area contributed by atoms with Crippen LogP contribution in [0, 0.1) is 0 Å². The molecule has 1 amide bonds. The van der Waals surface area contributed by atoms with E-state index in [-0.39, 0.29) is 11.2 Å². The quantitative estimate of drug-likeness (QED) is 0.610. The average molecular weight is 363 g/mol. The predicted molar refractivity (Wildman–Crippen MR) is 106 cm³/mol. The Balaban J connectivity index is 1.71. The van der Waals surface area contributed by atoms with Gasteiger partial charge in [-0.3, -0.25) is 4.79 Å². The largest absolute Gasteiger partial charge is 0.497 e.